The SMILES string of the molecule is CCCCc1ccc(N2C[C@@H](c3nc4ccccc4n3CC)CC2=O)cc1. The van der Waals surface area contributed by atoms with Gasteiger partial charge in [0, 0.05) is 31.1 Å². The summed E-state index contributed by atoms with van der Waals surface area (Å²) >= 11 is 0. The number of unbranched alkanes of at least 4 members (excludes halogenated alkanes) is 1. The molecule has 0 radical (unpaired) electrons. The second-order valence-corrected chi connectivity index (χ2v) is 7.38. The van der Waals surface area contributed by atoms with Crippen LogP contribution in [0, 0.1) is 0 Å². The molecule has 2 aromatic carbocycles. The third kappa shape index (κ3) is 3.36. The van der Waals surface area contributed by atoms with Crippen molar-refractivity contribution in [3.63, 3.8) is 0 Å². The van der Waals surface area contributed by atoms with Crippen LogP contribution in [0.25, 0.3) is 11.0 Å². The molecule has 4 nitrogen and oxygen atoms in total. The summed E-state index contributed by atoms with van der Waals surface area (Å²) in [5.74, 6) is 1.37. The van der Waals surface area contributed by atoms with Crippen molar-refractivity contribution < 1.29 is 4.79 Å². The van der Waals surface area contributed by atoms with Gasteiger partial charge in [0.2, 0.25) is 5.91 Å². The van der Waals surface area contributed by atoms with Crippen molar-refractivity contribution in [1.82, 2.24) is 9.55 Å². The molecular weight excluding hydrogens is 334 g/mol. The summed E-state index contributed by atoms with van der Waals surface area (Å²) in [4.78, 5) is 19.5. The number of rotatable bonds is 6. The first-order valence-electron chi connectivity index (χ1n) is 10.1. The summed E-state index contributed by atoms with van der Waals surface area (Å²) < 4.78 is 2.25. The Labute approximate surface area is 160 Å². The molecule has 1 aromatic heterocycles. The highest BCUT2D eigenvalue weighted by atomic mass is 16.2. The molecule has 1 aliphatic heterocycles. The van der Waals surface area contributed by atoms with Gasteiger partial charge in [0.05, 0.1) is 11.0 Å². The van der Waals surface area contributed by atoms with Crippen molar-refractivity contribution in [3.05, 3.63) is 59.9 Å². The minimum absolute atomic E-state index is 0.143. The second-order valence-electron chi connectivity index (χ2n) is 7.38. The molecule has 1 aliphatic rings. The standard InChI is InChI=1S/C23H27N3O/c1-3-5-8-17-11-13-19(14-12-17)26-16-18(15-22(26)27)23-24-20-9-6-7-10-21(20)25(23)4-2/h6-7,9-14,18H,3-5,8,15-16H2,1-2H3/t18-/m0/s1. The number of hydrogen-bond acceptors (Lipinski definition) is 2. The minimum atomic E-state index is 0.143. The summed E-state index contributed by atoms with van der Waals surface area (Å²) in [5, 5.41) is 0. The number of para-hydroxylation sites is 2. The molecule has 27 heavy (non-hydrogen) atoms. The Bertz CT molecular complexity index is 942. The molecule has 2 heterocycles. The lowest BCUT2D eigenvalue weighted by Crippen LogP contribution is -2.24. The van der Waals surface area contributed by atoms with Crippen LogP contribution in [0.5, 0.6) is 0 Å². The van der Waals surface area contributed by atoms with E-state index < -0.39 is 0 Å². The van der Waals surface area contributed by atoms with Crippen molar-refractivity contribution >= 4 is 22.6 Å². The molecule has 0 bridgehead atoms. The van der Waals surface area contributed by atoms with Crippen LogP contribution in [0.2, 0.25) is 0 Å². The zero-order chi connectivity index (χ0) is 18.8. The molecular formula is C23H27N3O. The predicted octanol–water partition coefficient (Wildman–Crippen LogP) is 4.92. The molecule has 0 spiro atoms. The summed E-state index contributed by atoms with van der Waals surface area (Å²) in [6.07, 6.45) is 4.04. The number of carbonyl (C=O) groups is 1. The van der Waals surface area contributed by atoms with E-state index in [2.05, 4.69) is 54.8 Å². The third-order valence-electron chi connectivity index (χ3n) is 5.56. The van der Waals surface area contributed by atoms with E-state index in [1.807, 2.05) is 17.0 Å². The molecule has 1 amide bonds. The fourth-order valence-electron chi connectivity index (χ4n) is 4.09. The van der Waals surface area contributed by atoms with E-state index in [0.29, 0.717) is 13.0 Å². The second kappa shape index (κ2) is 7.55. The van der Waals surface area contributed by atoms with Gasteiger partial charge in [0.1, 0.15) is 5.82 Å². The number of fused-ring (bicyclic) bond motifs is 1. The van der Waals surface area contributed by atoms with E-state index in [1.54, 1.807) is 0 Å². The lowest BCUT2D eigenvalue weighted by Gasteiger charge is -2.17. The van der Waals surface area contributed by atoms with E-state index in [4.69, 9.17) is 4.98 Å². The van der Waals surface area contributed by atoms with Crippen LogP contribution in [-0.4, -0.2) is 22.0 Å². The molecule has 0 N–H and O–H groups in total. The average molecular weight is 361 g/mol. The topological polar surface area (TPSA) is 38.1 Å². The Morgan fingerprint density at radius 2 is 1.85 bits per heavy atom. The Balaban J connectivity index is 1.57. The molecule has 1 atom stereocenters. The molecule has 4 rings (SSSR count). The van der Waals surface area contributed by atoms with Gasteiger partial charge in [-0.25, -0.2) is 4.98 Å². The van der Waals surface area contributed by atoms with E-state index in [1.165, 1.54) is 18.4 Å². The van der Waals surface area contributed by atoms with E-state index in [-0.39, 0.29) is 11.8 Å². The van der Waals surface area contributed by atoms with Crippen molar-refractivity contribution in [2.75, 3.05) is 11.4 Å². The molecule has 1 fully saturated rings. The minimum Gasteiger partial charge on any atom is -0.328 e. The lowest BCUT2D eigenvalue weighted by molar-refractivity contribution is -0.117. The molecule has 1 saturated heterocycles. The van der Waals surface area contributed by atoms with Gasteiger partial charge in [0.25, 0.3) is 0 Å². The number of aromatic nitrogens is 2. The molecule has 140 valence electrons. The summed E-state index contributed by atoms with van der Waals surface area (Å²) in [6.45, 7) is 5.92. The number of imidazole rings is 1. The first kappa shape index (κ1) is 17.8. The summed E-state index contributed by atoms with van der Waals surface area (Å²) in [5.41, 5.74) is 4.51. The number of hydrogen-bond donors (Lipinski definition) is 0. The number of nitrogens with zero attached hydrogens (tertiary/aromatic N) is 3. The highest BCUT2D eigenvalue weighted by Crippen LogP contribution is 2.33. The fourth-order valence-corrected chi connectivity index (χ4v) is 4.09. The smallest absolute Gasteiger partial charge is 0.227 e. The molecule has 4 heteroatoms. The largest absolute Gasteiger partial charge is 0.328 e. The molecule has 0 saturated carbocycles. The van der Waals surface area contributed by atoms with Crippen LogP contribution in [0.3, 0.4) is 0 Å². The van der Waals surface area contributed by atoms with Crippen molar-refractivity contribution in [2.24, 2.45) is 0 Å². The Morgan fingerprint density at radius 3 is 2.59 bits per heavy atom. The Morgan fingerprint density at radius 1 is 1.07 bits per heavy atom. The van der Waals surface area contributed by atoms with Gasteiger partial charge in [0.15, 0.2) is 0 Å². The van der Waals surface area contributed by atoms with Gasteiger partial charge >= 0.3 is 0 Å². The zero-order valence-electron chi connectivity index (χ0n) is 16.2. The highest BCUT2D eigenvalue weighted by Gasteiger charge is 2.34. The maximum atomic E-state index is 12.7. The monoisotopic (exact) mass is 361 g/mol. The molecule has 0 aliphatic carbocycles. The number of aryl methyl sites for hydroxylation is 2. The van der Waals surface area contributed by atoms with E-state index in [9.17, 15) is 4.79 Å². The summed E-state index contributed by atoms with van der Waals surface area (Å²) in [6, 6.07) is 16.7. The first-order valence-corrected chi connectivity index (χ1v) is 10.1. The Hall–Kier alpha value is -2.62. The van der Waals surface area contributed by atoms with E-state index in [0.717, 1.165) is 35.5 Å². The van der Waals surface area contributed by atoms with Crippen LogP contribution in [0.15, 0.2) is 48.5 Å². The van der Waals surface area contributed by atoms with Gasteiger partial charge in [-0.1, -0.05) is 37.6 Å². The van der Waals surface area contributed by atoms with Gasteiger partial charge < -0.3 is 9.47 Å². The van der Waals surface area contributed by atoms with Crippen molar-refractivity contribution in [2.45, 2.75) is 52.0 Å². The van der Waals surface area contributed by atoms with Crippen LogP contribution in [-0.2, 0) is 17.8 Å². The number of carbonyl (C=O) groups excluding carboxylic acids is 1. The predicted molar refractivity (Wildman–Crippen MR) is 110 cm³/mol. The van der Waals surface area contributed by atoms with Crippen LogP contribution < -0.4 is 4.90 Å². The van der Waals surface area contributed by atoms with Crippen LogP contribution >= 0.6 is 0 Å². The quantitative estimate of drug-likeness (QED) is 0.625. The number of anilines is 1. The first-order chi connectivity index (χ1) is 13.2. The van der Waals surface area contributed by atoms with Crippen LogP contribution in [0.1, 0.15) is 50.4 Å². The zero-order valence-corrected chi connectivity index (χ0v) is 16.2. The molecule has 0 unspecified atom stereocenters. The van der Waals surface area contributed by atoms with Gasteiger partial charge in [-0.2, -0.15) is 0 Å². The molecule has 3 aromatic rings. The van der Waals surface area contributed by atoms with Crippen molar-refractivity contribution in [3.8, 4) is 0 Å². The van der Waals surface area contributed by atoms with Crippen molar-refractivity contribution in [1.29, 1.82) is 0 Å². The fraction of sp³-hybridized carbons (Fsp3) is 0.391. The van der Waals surface area contributed by atoms with Gasteiger partial charge in [-0.05, 0) is 49.6 Å². The highest BCUT2D eigenvalue weighted by molar-refractivity contribution is 5.96. The van der Waals surface area contributed by atoms with Crippen LogP contribution in [0.4, 0.5) is 5.69 Å². The number of benzene rings is 2. The summed E-state index contributed by atoms with van der Waals surface area (Å²) in [7, 11) is 0. The maximum Gasteiger partial charge on any atom is 0.227 e. The Kier molecular flexibility index (Phi) is 4.97. The van der Waals surface area contributed by atoms with Gasteiger partial charge in [-0.3, -0.25) is 4.79 Å². The lowest BCUT2D eigenvalue weighted by atomic mass is 10.1. The van der Waals surface area contributed by atoms with Gasteiger partial charge in [-0.15, -0.1) is 0 Å². The average Bonchev–Trinajstić information content (AvgIpc) is 3.27. The number of amides is 1. The maximum absolute atomic E-state index is 12.7. The normalized spacial score (nSPS) is 17.2. The third-order valence-corrected chi connectivity index (χ3v) is 5.56. The van der Waals surface area contributed by atoms with E-state index >= 15 is 0 Å².